The zero-order valence-electron chi connectivity index (χ0n) is 9.87. The summed E-state index contributed by atoms with van der Waals surface area (Å²) in [6.45, 7) is 2.29. The summed E-state index contributed by atoms with van der Waals surface area (Å²) in [6.07, 6.45) is 0.310. The molecule has 0 unspecified atom stereocenters. The van der Waals surface area contributed by atoms with Gasteiger partial charge in [0.25, 0.3) is 0 Å². The Morgan fingerprint density at radius 2 is 2.11 bits per heavy atom. The van der Waals surface area contributed by atoms with Crippen LogP contribution in [-0.4, -0.2) is 33.0 Å². The van der Waals surface area contributed by atoms with Gasteiger partial charge in [0, 0.05) is 12.0 Å². The number of aromatic nitrogens is 4. The van der Waals surface area contributed by atoms with Crippen molar-refractivity contribution in [3.63, 3.8) is 0 Å². The zero-order chi connectivity index (χ0) is 12.8. The molecule has 0 aliphatic carbocycles. The fraction of sp³-hybridized carbons (Fsp3) is 0.273. The summed E-state index contributed by atoms with van der Waals surface area (Å²) in [5.41, 5.74) is 1.82. The van der Waals surface area contributed by atoms with Crippen LogP contribution in [0, 0.1) is 6.92 Å². The Balaban J connectivity index is 1.83. The van der Waals surface area contributed by atoms with Crippen LogP contribution < -0.4 is 0 Å². The Bertz CT molecular complexity index is 531. The molecule has 0 radical (unpaired) electrons. The molecule has 0 aliphatic heterocycles. The summed E-state index contributed by atoms with van der Waals surface area (Å²) >= 11 is 0. The van der Waals surface area contributed by atoms with Gasteiger partial charge in [0.2, 0.25) is 0 Å². The van der Waals surface area contributed by atoms with Gasteiger partial charge in [-0.3, -0.25) is 4.79 Å². The van der Waals surface area contributed by atoms with Crippen molar-refractivity contribution in [2.75, 3.05) is 6.54 Å². The second-order valence-electron chi connectivity index (χ2n) is 3.72. The first-order valence-electron chi connectivity index (χ1n) is 5.46. The summed E-state index contributed by atoms with van der Waals surface area (Å²) < 4.78 is 0. The van der Waals surface area contributed by atoms with Crippen LogP contribution in [-0.2, 0) is 0 Å². The highest BCUT2D eigenvalue weighted by Crippen LogP contribution is 2.06. The summed E-state index contributed by atoms with van der Waals surface area (Å²) in [7, 11) is 0. The number of azo groups is 1. The van der Waals surface area contributed by atoms with E-state index < -0.39 is 0 Å². The van der Waals surface area contributed by atoms with E-state index in [4.69, 9.17) is 0 Å². The third-order valence-corrected chi connectivity index (χ3v) is 2.31. The van der Waals surface area contributed by atoms with Crippen molar-refractivity contribution in [2.24, 2.45) is 10.2 Å². The molecule has 0 bridgehead atoms. The van der Waals surface area contributed by atoms with Crippen molar-refractivity contribution in [1.82, 2.24) is 20.6 Å². The first-order valence-corrected chi connectivity index (χ1v) is 5.46. The summed E-state index contributed by atoms with van der Waals surface area (Å²) in [6, 6.07) is 7.45. The van der Waals surface area contributed by atoms with Gasteiger partial charge in [-0.15, -0.1) is 10.2 Å². The lowest BCUT2D eigenvalue weighted by atomic mass is 10.1. The van der Waals surface area contributed by atoms with Crippen molar-refractivity contribution in [3.8, 4) is 0 Å². The molecular formula is C11H12N6O. The van der Waals surface area contributed by atoms with E-state index >= 15 is 0 Å². The minimum absolute atomic E-state index is 0.0436. The van der Waals surface area contributed by atoms with Gasteiger partial charge < -0.3 is 0 Å². The zero-order valence-corrected chi connectivity index (χ0v) is 9.87. The normalized spacial score (nSPS) is 10.9. The number of carbonyl (C=O) groups is 1. The molecule has 2 rings (SSSR count). The van der Waals surface area contributed by atoms with Gasteiger partial charge in [-0.1, -0.05) is 34.9 Å². The number of Topliss-reactive ketones (excluding diaryl/α,β-unsaturated/α-hetero) is 1. The molecule has 1 heterocycles. The number of hydrogen-bond donors (Lipinski definition) is 1. The van der Waals surface area contributed by atoms with Gasteiger partial charge >= 0.3 is 5.95 Å². The van der Waals surface area contributed by atoms with Crippen molar-refractivity contribution >= 4 is 11.7 Å². The number of tetrazole rings is 1. The van der Waals surface area contributed by atoms with Crippen molar-refractivity contribution in [2.45, 2.75) is 13.3 Å². The first-order chi connectivity index (χ1) is 8.75. The van der Waals surface area contributed by atoms with Gasteiger partial charge in [0.15, 0.2) is 5.78 Å². The fourth-order valence-corrected chi connectivity index (χ4v) is 1.35. The van der Waals surface area contributed by atoms with Crippen LogP contribution in [0.3, 0.4) is 0 Å². The largest absolute Gasteiger partial charge is 0.307 e. The summed E-state index contributed by atoms with van der Waals surface area (Å²) in [5.74, 6) is 0.208. The van der Waals surface area contributed by atoms with Crippen molar-refractivity contribution in [3.05, 3.63) is 35.4 Å². The lowest BCUT2D eigenvalue weighted by Crippen LogP contribution is -2.00. The number of carbonyl (C=O) groups excluding carboxylic acids is 1. The monoisotopic (exact) mass is 244 g/mol. The Morgan fingerprint density at radius 3 is 2.78 bits per heavy atom. The number of hydrogen-bond acceptors (Lipinski definition) is 6. The molecule has 0 amide bonds. The Labute approximate surface area is 103 Å². The lowest BCUT2D eigenvalue weighted by Gasteiger charge is -1.98. The molecule has 1 N–H and O–H groups in total. The molecule has 1 aromatic carbocycles. The smallest absolute Gasteiger partial charge is 0.294 e. The third-order valence-electron chi connectivity index (χ3n) is 2.31. The van der Waals surface area contributed by atoms with E-state index in [1.54, 1.807) is 0 Å². The van der Waals surface area contributed by atoms with Gasteiger partial charge in [0.1, 0.15) is 0 Å². The molecule has 2 aromatic rings. The van der Waals surface area contributed by atoms with Crippen LogP contribution >= 0.6 is 0 Å². The quantitative estimate of drug-likeness (QED) is 0.641. The maximum Gasteiger partial charge on any atom is 0.307 e. The van der Waals surface area contributed by atoms with E-state index in [1.165, 1.54) is 0 Å². The summed E-state index contributed by atoms with van der Waals surface area (Å²) in [5, 5.41) is 20.3. The number of nitrogens with zero attached hydrogens (tertiary/aromatic N) is 5. The average Bonchev–Trinajstić information content (AvgIpc) is 2.88. The van der Waals surface area contributed by atoms with E-state index in [0.717, 1.165) is 5.56 Å². The second kappa shape index (κ2) is 5.76. The molecule has 0 fully saturated rings. The van der Waals surface area contributed by atoms with E-state index in [1.807, 2.05) is 31.2 Å². The van der Waals surface area contributed by atoms with Crippen LogP contribution in [0.1, 0.15) is 22.3 Å². The molecule has 7 heteroatoms. The molecule has 0 saturated carbocycles. The SMILES string of the molecule is Cc1ccc(C(=O)CCN=Nc2nn[nH]n2)cc1. The highest BCUT2D eigenvalue weighted by molar-refractivity contribution is 5.96. The van der Waals surface area contributed by atoms with Crippen LogP contribution in [0.25, 0.3) is 0 Å². The van der Waals surface area contributed by atoms with Crippen LogP contribution in [0.15, 0.2) is 34.5 Å². The molecule has 1 aromatic heterocycles. The fourth-order valence-electron chi connectivity index (χ4n) is 1.35. The topological polar surface area (TPSA) is 96.2 Å². The van der Waals surface area contributed by atoms with E-state index in [9.17, 15) is 4.79 Å². The standard InChI is InChI=1S/C11H12N6O/c1-8-2-4-9(5-3-8)10(18)6-7-12-13-11-14-16-17-15-11/h2-5H,6-7H2,1H3,(H,14,15,16,17). The minimum Gasteiger partial charge on any atom is -0.294 e. The minimum atomic E-state index is 0.0436. The number of benzene rings is 1. The molecule has 0 aliphatic rings. The number of H-pyrrole nitrogens is 1. The Kier molecular flexibility index (Phi) is 3.85. The molecular weight excluding hydrogens is 232 g/mol. The van der Waals surface area contributed by atoms with E-state index in [2.05, 4.69) is 30.9 Å². The molecule has 0 spiro atoms. The van der Waals surface area contributed by atoms with Crippen molar-refractivity contribution < 1.29 is 4.79 Å². The van der Waals surface area contributed by atoms with Crippen LogP contribution in [0.5, 0.6) is 0 Å². The average molecular weight is 244 g/mol. The van der Waals surface area contributed by atoms with E-state index in [0.29, 0.717) is 18.5 Å². The Morgan fingerprint density at radius 1 is 1.33 bits per heavy atom. The lowest BCUT2D eigenvalue weighted by molar-refractivity contribution is 0.0985. The maximum atomic E-state index is 11.8. The maximum absolute atomic E-state index is 11.8. The third kappa shape index (κ3) is 3.27. The predicted molar refractivity (Wildman–Crippen MR) is 63.7 cm³/mol. The van der Waals surface area contributed by atoms with Gasteiger partial charge in [-0.25, -0.2) is 0 Å². The molecule has 18 heavy (non-hydrogen) atoms. The molecule has 0 saturated heterocycles. The number of aryl methyl sites for hydroxylation is 1. The first kappa shape index (κ1) is 12.0. The molecule has 92 valence electrons. The van der Waals surface area contributed by atoms with Crippen LogP contribution in [0.2, 0.25) is 0 Å². The highest BCUT2D eigenvalue weighted by Gasteiger charge is 2.04. The van der Waals surface area contributed by atoms with Crippen molar-refractivity contribution in [1.29, 1.82) is 0 Å². The predicted octanol–water partition coefficient (Wildman–Crippen LogP) is 1.86. The van der Waals surface area contributed by atoms with Crippen LogP contribution in [0.4, 0.5) is 5.95 Å². The Hall–Kier alpha value is -2.44. The second-order valence-corrected chi connectivity index (χ2v) is 3.72. The van der Waals surface area contributed by atoms with E-state index in [-0.39, 0.29) is 11.7 Å². The number of rotatable bonds is 5. The summed E-state index contributed by atoms with van der Waals surface area (Å²) in [4.78, 5) is 11.8. The molecule has 7 nitrogen and oxygen atoms in total. The number of ketones is 1. The van der Waals surface area contributed by atoms with Gasteiger partial charge in [-0.2, -0.15) is 10.3 Å². The molecule has 0 atom stereocenters. The number of nitrogens with one attached hydrogen (secondary N) is 1. The van der Waals surface area contributed by atoms with Gasteiger partial charge in [0.05, 0.1) is 6.54 Å². The number of aromatic amines is 1. The highest BCUT2D eigenvalue weighted by atomic mass is 16.1. The van der Waals surface area contributed by atoms with Gasteiger partial charge in [-0.05, 0) is 12.1 Å².